The van der Waals surface area contributed by atoms with Crippen LogP contribution in [0.1, 0.15) is 70.8 Å². The summed E-state index contributed by atoms with van der Waals surface area (Å²) < 4.78 is 53.5. The molecule has 0 bridgehead atoms. The molecule has 13 nitrogen and oxygen atoms in total. The van der Waals surface area contributed by atoms with Crippen molar-refractivity contribution in [2.75, 3.05) is 25.0 Å². The lowest BCUT2D eigenvalue weighted by Gasteiger charge is -2.20. The van der Waals surface area contributed by atoms with E-state index in [0.717, 1.165) is 31.5 Å². The van der Waals surface area contributed by atoms with Crippen molar-refractivity contribution in [3.63, 3.8) is 0 Å². The van der Waals surface area contributed by atoms with E-state index in [0.29, 0.717) is 34.9 Å². The third-order valence-electron chi connectivity index (χ3n) is 7.42. The highest BCUT2D eigenvalue weighted by Gasteiger charge is 2.26. The second-order valence-corrected chi connectivity index (χ2v) is 13.7. The molecular weight excluding hydrogens is 614 g/mol. The average Bonchev–Trinajstić information content (AvgIpc) is 3.63. The largest absolute Gasteiger partial charge is 0.493 e. The third-order valence-corrected chi connectivity index (χ3v) is 8.80. The highest BCUT2D eigenvalue weighted by atomic mass is 32.2. The quantitative estimate of drug-likeness (QED) is 0.211. The summed E-state index contributed by atoms with van der Waals surface area (Å²) in [6.45, 7) is 8.71. The van der Waals surface area contributed by atoms with Gasteiger partial charge in [0.05, 0.1) is 35.6 Å². The monoisotopic (exact) mass is 653 g/mol. The molecule has 46 heavy (non-hydrogen) atoms. The Labute approximate surface area is 267 Å². The van der Waals surface area contributed by atoms with E-state index in [9.17, 15) is 18.0 Å². The zero-order valence-corrected chi connectivity index (χ0v) is 27.6. The summed E-state index contributed by atoms with van der Waals surface area (Å²) in [5.74, 6) is 1.27. The number of aromatic nitrogens is 4. The van der Waals surface area contributed by atoms with Crippen LogP contribution in [0.5, 0.6) is 17.2 Å². The van der Waals surface area contributed by atoms with Crippen molar-refractivity contribution in [2.45, 2.75) is 76.7 Å². The molecule has 4 aromatic rings. The minimum absolute atomic E-state index is 0.0985. The van der Waals surface area contributed by atoms with Gasteiger partial charge in [0.2, 0.25) is 0 Å². The van der Waals surface area contributed by atoms with E-state index in [1.165, 1.54) is 43.5 Å². The van der Waals surface area contributed by atoms with Gasteiger partial charge in [-0.3, -0.25) is 9.52 Å². The molecule has 2 aromatic carbocycles. The molecule has 0 saturated heterocycles. The maximum Gasteiger partial charge on any atom is 0.344 e. The predicted octanol–water partition coefficient (Wildman–Crippen LogP) is 4.98. The number of imidazole rings is 1. The number of ether oxygens (including phenoxy) is 4. The molecule has 246 valence electrons. The van der Waals surface area contributed by atoms with Crippen LogP contribution < -0.4 is 24.5 Å². The van der Waals surface area contributed by atoms with Crippen molar-refractivity contribution in [2.24, 2.45) is 0 Å². The second-order valence-electron chi connectivity index (χ2n) is 12.0. The smallest absolute Gasteiger partial charge is 0.344 e. The summed E-state index contributed by atoms with van der Waals surface area (Å²) in [6.07, 6.45) is 4.10. The summed E-state index contributed by atoms with van der Waals surface area (Å²) in [5, 5.41) is 4.74. The summed E-state index contributed by atoms with van der Waals surface area (Å²) >= 11 is 0. The zero-order chi connectivity index (χ0) is 33.2. The van der Waals surface area contributed by atoms with E-state index >= 15 is 0 Å². The number of esters is 1. The number of sulfonamides is 1. The number of fused-ring (bicyclic) bond motifs is 1. The van der Waals surface area contributed by atoms with Gasteiger partial charge in [-0.05, 0) is 77.8 Å². The van der Waals surface area contributed by atoms with E-state index in [1.54, 1.807) is 39.1 Å². The third kappa shape index (κ3) is 7.11. The molecule has 1 fully saturated rings. The first kappa shape index (κ1) is 32.8. The fourth-order valence-corrected chi connectivity index (χ4v) is 6.56. The number of aryl methyl sites for hydroxylation is 1. The molecule has 0 aliphatic heterocycles. The number of hydrogen-bond acceptors (Lipinski definition) is 10. The fraction of sp³-hybridized carbons (Fsp3) is 0.438. The van der Waals surface area contributed by atoms with E-state index in [2.05, 4.69) is 14.7 Å². The van der Waals surface area contributed by atoms with Gasteiger partial charge in [-0.15, -0.1) is 5.10 Å². The minimum atomic E-state index is -4.17. The summed E-state index contributed by atoms with van der Waals surface area (Å²) in [4.78, 5) is 32.9. The Balaban J connectivity index is 1.48. The number of hydrogen-bond donors (Lipinski definition) is 2. The number of benzene rings is 2. The first-order valence-electron chi connectivity index (χ1n) is 15.1. The SMILES string of the molecule is CCOc1ccc(S(=O)(=O)Nc2ccc(OC)c(OCC(=O)OC(C)(C)C)c2)cc1-c1nn2c(C3CCCC3)nc(C)c2c(=O)[nH]1. The molecule has 2 aromatic heterocycles. The maximum atomic E-state index is 13.6. The van der Waals surface area contributed by atoms with Crippen LogP contribution in [0.4, 0.5) is 5.69 Å². The van der Waals surface area contributed by atoms with Gasteiger partial charge < -0.3 is 23.9 Å². The molecule has 1 aliphatic carbocycles. The number of aromatic amines is 1. The number of carbonyl (C=O) groups excluding carboxylic acids is 1. The molecule has 0 unspecified atom stereocenters. The molecule has 0 amide bonds. The Morgan fingerprint density at radius 2 is 1.78 bits per heavy atom. The first-order valence-corrected chi connectivity index (χ1v) is 16.6. The summed E-state index contributed by atoms with van der Waals surface area (Å²) in [6, 6.07) is 8.77. The molecule has 0 atom stereocenters. The second kappa shape index (κ2) is 13.0. The fourth-order valence-electron chi connectivity index (χ4n) is 5.48. The van der Waals surface area contributed by atoms with E-state index in [1.807, 2.05) is 0 Å². The standard InChI is InChI=1S/C32H39N5O8S/c1-7-43-24-15-13-22(17-23(24)29-34-31(39)28-19(2)33-30(37(28)35-29)20-10-8-9-11-20)46(40,41)36-21-12-14-25(42-6)26(16-21)44-18-27(38)45-32(3,4)5/h12-17,20,36H,7-11,18H2,1-6H3,(H,34,35,39). The van der Waals surface area contributed by atoms with Crippen LogP contribution in [0, 0.1) is 6.92 Å². The molecular formula is C32H39N5O8S. The van der Waals surface area contributed by atoms with Gasteiger partial charge in [0.25, 0.3) is 15.6 Å². The Hall–Kier alpha value is -4.59. The Bertz CT molecular complexity index is 1920. The number of rotatable bonds is 11. The van der Waals surface area contributed by atoms with Gasteiger partial charge in [0.1, 0.15) is 17.2 Å². The van der Waals surface area contributed by atoms with E-state index in [4.69, 9.17) is 24.0 Å². The number of H-pyrrole nitrogens is 1. The number of methoxy groups -OCH3 is 1. The van der Waals surface area contributed by atoms with Gasteiger partial charge >= 0.3 is 5.97 Å². The van der Waals surface area contributed by atoms with Gasteiger partial charge in [-0.1, -0.05) is 12.8 Å². The summed E-state index contributed by atoms with van der Waals surface area (Å²) in [7, 11) is -2.74. The number of nitrogens with zero attached hydrogens (tertiary/aromatic N) is 3. The van der Waals surface area contributed by atoms with E-state index in [-0.39, 0.29) is 33.6 Å². The van der Waals surface area contributed by atoms with Crippen LogP contribution in [0.25, 0.3) is 16.9 Å². The Morgan fingerprint density at radius 1 is 1.07 bits per heavy atom. The molecule has 2 N–H and O–H groups in total. The van der Waals surface area contributed by atoms with Crippen LogP contribution in [-0.4, -0.2) is 59.9 Å². The Morgan fingerprint density at radius 3 is 2.46 bits per heavy atom. The van der Waals surface area contributed by atoms with Crippen LogP contribution in [0.15, 0.2) is 46.1 Å². The van der Waals surface area contributed by atoms with E-state index < -0.39 is 28.2 Å². The molecule has 2 heterocycles. The summed E-state index contributed by atoms with van der Waals surface area (Å²) in [5.41, 5.74) is 0.329. The molecule has 5 rings (SSSR count). The predicted molar refractivity (Wildman–Crippen MR) is 171 cm³/mol. The average molecular weight is 654 g/mol. The van der Waals surface area contributed by atoms with Crippen molar-refractivity contribution in [1.82, 2.24) is 19.6 Å². The Kier molecular flexibility index (Phi) is 9.29. The highest BCUT2D eigenvalue weighted by Crippen LogP contribution is 2.36. The minimum Gasteiger partial charge on any atom is -0.493 e. The normalized spacial score (nSPS) is 14.0. The lowest BCUT2D eigenvalue weighted by atomic mass is 10.1. The zero-order valence-electron chi connectivity index (χ0n) is 26.8. The first-order chi connectivity index (χ1) is 21.8. The lowest BCUT2D eigenvalue weighted by molar-refractivity contribution is -0.157. The van der Waals surface area contributed by atoms with Crippen molar-refractivity contribution in [3.05, 3.63) is 58.3 Å². The molecule has 1 saturated carbocycles. The van der Waals surface area contributed by atoms with Gasteiger partial charge in [0, 0.05) is 12.0 Å². The van der Waals surface area contributed by atoms with Crippen molar-refractivity contribution in [3.8, 4) is 28.6 Å². The van der Waals surface area contributed by atoms with Gasteiger partial charge in [-0.2, -0.15) is 0 Å². The molecule has 1 aliphatic rings. The number of nitrogens with one attached hydrogen (secondary N) is 2. The van der Waals surface area contributed by atoms with Crippen LogP contribution in [0.3, 0.4) is 0 Å². The maximum absolute atomic E-state index is 13.6. The van der Waals surface area contributed by atoms with Crippen molar-refractivity contribution < 1.29 is 32.2 Å². The van der Waals surface area contributed by atoms with Crippen molar-refractivity contribution >= 4 is 27.2 Å². The highest BCUT2D eigenvalue weighted by molar-refractivity contribution is 7.92. The van der Waals surface area contributed by atoms with Gasteiger partial charge in [-0.25, -0.2) is 22.7 Å². The van der Waals surface area contributed by atoms with Crippen LogP contribution in [-0.2, 0) is 19.6 Å². The molecule has 0 radical (unpaired) electrons. The number of carbonyl (C=O) groups is 1. The topological polar surface area (TPSA) is 163 Å². The molecule has 0 spiro atoms. The molecule has 14 heteroatoms. The van der Waals surface area contributed by atoms with Crippen LogP contribution in [0.2, 0.25) is 0 Å². The van der Waals surface area contributed by atoms with Crippen molar-refractivity contribution in [1.29, 1.82) is 0 Å². The van der Waals surface area contributed by atoms with Gasteiger partial charge in [0.15, 0.2) is 29.4 Å². The van der Waals surface area contributed by atoms with Crippen LogP contribution >= 0.6 is 0 Å². The number of anilines is 1. The lowest BCUT2D eigenvalue weighted by Crippen LogP contribution is -2.27.